The molecule has 0 spiro atoms. The molecule has 4 nitrogen and oxygen atoms in total. The van der Waals surface area contributed by atoms with Gasteiger partial charge in [0.2, 0.25) is 5.91 Å². The van der Waals surface area contributed by atoms with Crippen LogP contribution in [0.15, 0.2) is 0 Å². The molecular weight excluding hydrogens is 146 g/mol. The lowest BCUT2D eigenvalue weighted by Gasteiger charge is -2.16. The van der Waals surface area contributed by atoms with Crippen LogP contribution in [0, 0.1) is 0 Å². The van der Waals surface area contributed by atoms with E-state index in [1.54, 1.807) is 7.11 Å². The van der Waals surface area contributed by atoms with Gasteiger partial charge in [-0.1, -0.05) is 0 Å². The molecule has 0 radical (unpaired) electrons. The molecule has 11 heavy (non-hydrogen) atoms. The predicted molar refractivity (Wildman–Crippen MR) is 40.9 cm³/mol. The summed E-state index contributed by atoms with van der Waals surface area (Å²) >= 11 is 0. The lowest BCUT2D eigenvalue weighted by molar-refractivity contribution is -0.175. The fraction of sp³-hybridized carbons (Fsp3) is 0.857. The Hall–Kier alpha value is -0.610. The van der Waals surface area contributed by atoms with Crippen molar-refractivity contribution in [1.29, 1.82) is 0 Å². The molecule has 0 aromatic rings. The van der Waals surface area contributed by atoms with Gasteiger partial charge in [0, 0.05) is 13.7 Å². The molecule has 0 fully saturated rings. The number of amides is 1. The Kier molecular flexibility index (Phi) is 5.78. The second-order valence-corrected chi connectivity index (χ2v) is 2.01. The van der Waals surface area contributed by atoms with E-state index in [2.05, 4.69) is 0 Å². The van der Waals surface area contributed by atoms with Gasteiger partial charge in [0.25, 0.3) is 0 Å². The highest BCUT2D eigenvalue weighted by Gasteiger charge is 2.09. The first-order valence-corrected chi connectivity index (χ1v) is 3.59. The van der Waals surface area contributed by atoms with Crippen LogP contribution in [0.4, 0.5) is 0 Å². The summed E-state index contributed by atoms with van der Waals surface area (Å²) in [7, 11) is 3.05. The first-order chi connectivity index (χ1) is 5.26. The zero-order valence-electron chi connectivity index (χ0n) is 7.29. The molecule has 0 atom stereocenters. The second kappa shape index (κ2) is 6.12. The first-order valence-electron chi connectivity index (χ1n) is 3.59. The lowest BCUT2D eigenvalue weighted by atomic mass is 10.4. The van der Waals surface area contributed by atoms with Gasteiger partial charge in [0.05, 0.1) is 20.1 Å². The van der Waals surface area contributed by atoms with Gasteiger partial charge < -0.3 is 4.74 Å². The molecule has 0 aromatic heterocycles. The quantitative estimate of drug-likeness (QED) is 0.549. The molecule has 0 aliphatic rings. The van der Waals surface area contributed by atoms with E-state index in [-0.39, 0.29) is 5.91 Å². The SMILES string of the molecule is CCN(OC)C(=O)CCOC. The number of carbonyl (C=O) groups excluding carboxylic acids is 1. The molecule has 0 aliphatic heterocycles. The smallest absolute Gasteiger partial charge is 0.248 e. The molecule has 0 bridgehead atoms. The van der Waals surface area contributed by atoms with E-state index >= 15 is 0 Å². The molecule has 0 saturated carbocycles. The maximum Gasteiger partial charge on any atom is 0.248 e. The molecule has 4 heteroatoms. The highest BCUT2D eigenvalue weighted by molar-refractivity contribution is 5.75. The number of hydroxylamine groups is 2. The summed E-state index contributed by atoms with van der Waals surface area (Å²) in [6.45, 7) is 2.87. The highest BCUT2D eigenvalue weighted by atomic mass is 16.7. The van der Waals surface area contributed by atoms with Gasteiger partial charge in [-0.2, -0.15) is 0 Å². The third kappa shape index (κ3) is 3.95. The second-order valence-electron chi connectivity index (χ2n) is 2.01. The van der Waals surface area contributed by atoms with Gasteiger partial charge in [-0.25, -0.2) is 5.06 Å². The molecule has 0 unspecified atom stereocenters. The number of rotatable bonds is 5. The molecule has 0 heterocycles. The van der Waals surface area contributed by atoms with Crippen molar-refractivity contribution in [3.63, 3.8) is 0 Å². The summed E-state index contributed by atoms with van der Waals surface area (Å²) in [6.07, 6.45) is 0.373. The fourth-order valence-corrected chi connectivity index (χ4v) is 0.721. The standard InChI is InChI=1S/C7H15NO3/c1-4-8(11-3)7(9)5-6-10-2/h4-6H2,1-3H3. The molecule has 0 aliphatic carbocycles. The minimum absolute atomic E-state index is 0.0446. The van der Waals surface area contributed by atoms with Crippen molar-refractivity contribution in [2.75, 3.05) is 27.4 Å². The van der Waals surface area contributed by atoms with Crippen molar-refractivity contribution in [3.8, 4) is 0 Å². The lowest BCUT2D eigenvalue weighted by Crippen LogP contribution is -2.30. The number of nitrogens with zero attached hydrogens (tertiary/aromatic N) is 1. The third-order valence-electron chi connectivity index (χ3n) is 1.31. The van der Waals surface area contributed by atoms with Crippen molar-refractivity contribution in [3.05, 3.63) is 0 Å². The Morgan fingerprint density at radius 2 is 2.09 bits per heavy atom. The minimum atomic E-state index is -0.0446. The molecule has 66 valence electrons. The average molecular weight is 161 g/mol. The van der Waals surface area contributed by atoms with Gasteiger partial charge >= 0.3 is 0 Å². The van der Waals surface area contributed by atoms with Crippen LogP contribution in [0.1, 0.15) is 13.3 Å². The van der Waals surface area contributed by atoms with Crippen LogP contribution in [0.5, 0.6) is 0 Å². The normalized spacial score (nSPS) is 9.73. The van der Waals surface area contributed by atoms with E-state index in [1.165, 1.54) is 12.2 Å². The molecule has 0 saturated heterocycles. The summed E-state index contributed by atoms with van der Waals surface area (Å²) in [5.41, 5.74) is 0. The van der Waals surface area contributed by atoms with Crippen molar-refractivity contribution < 1.29 is 14.4 Å². The largest absolute Gasteiger partial charge is 0.384 e. The van der Waals surface area contributed by atoms with E-state index in [9.17, 15) is 4.79 Å². The zero-order valence-corrected chi connectivity index (χ0v) is 7.29. The summed E-state index contributed by atoms with van der Waals surface area (Å²) < 4.78 is 4.75. The topological polar surface area (TPSA) is 38.8 Å². The number of methoxy groups -OCH3 is 1. The van der Waals surface area contributed by atoms with Crippen LogP contribution in [-0.4, -0.2) is 38.3 Å². The number of ether oxygens (including phenoxy) is 1. The molecular formula is C7H15NO3. The number of carbonyl (C=O) groups is 1. The van der Waals surface area contributed by atoms with E-state index in [0.717, 1.165) is 0 Å². The zero-order chi connectivity index (χ0) is 8.69. The van der Waals surface area contributed by atoms with Crippen LogP contribution in [0.25, 0.3) is 0 Å². The maximum absolute atomic E-state index is 11.1. The summed E-state index contributed by atoms with van der Waals surface area (Å²) in [6, 6.07) is 0. The molecule has 0 N–H and O–H groups in total. The minimum Gasteiger partial charge on any atom is -0.384 e. The average Bonchev–Trinajstić information content (AvgIpc) is 2.03. The van der Waals surface area contributed by atoms with E-state index < -0.39 is 0 Å². The molecule has 0 rings (SSSR count). The van der Waals surface area contributed by atoms with E-state index in [0.29, 0.717) is 19.6 Å². The van der Waals surface area contributed by atoms with Crippen LogP contribution in [0.2, 0.25) is 0 Å². The Balaban J connectivity index is 3.61. The van der Waals surface area contributed by atoms with Crippen LogP contribution < -0.4 is 0 Å². The molecule has 1 amide bonds. The van der Waals surface area contributed by atoms with Crippen molar-refractivity contribution in [2.45, 2.75) is 13.3 Å². The maximum atomic E-state index is 11.1. The number of hydrogen-bond donors (Lipinski definition) is 0. The van der Waals surface area contributed by atoms with Crippen LogP contribution in [-0.2, 0) is 14.4 Å². The number of hydrogen-bond acceptors (Lipinski definition) is 3. The Morgan fingerprint density at radius 1 is 1.45 bits per heavy atom. The highest BCUT2D eigenvalue weighted by Crippen LogP contribution is 1.93. The van der Waals surface area contributed by atoms with E-state index in [1.807, 2.05) is 6.92 Å². The predicted octanol–water partition coefficient (Wildman–Crippen LogP) is 0.433. The van der Waals surface area contributed by atoms with E-state index in [4.69, 9.17) is 9.57 Å². The van der Waals surface area contributed by atoms with Crippen molar-refractivity contribution in [2.24, 2.45) is 0 Å². The van der Waals surface area contributed by atoms with Gasteiger partial charge in [0.15, 0.2) is 0 Å². The summed E-state index contributed by atoms with van der Waals surface area (Å²) in [5, 5.41) is 1.30. The van der Waals surface area contributed by atoms with Gasteiger partial charge in [-0.05, 0) is 6.92 Å². The summed E-state index contributed by atoms with van der Waals surface area (Å²) in [5.74, 6) is -0.0446. The summed E-state index contributed by atoms with van der Waals surface area (Å²) in [4.78, 5) is 15.9. The molecule has 0 aromatic carbocycles. The van der Waals surface area contributed by atoms with Crippen molar-refractivity contribution >= 4 is 5.91 Å². The van der Waals surface area contributed by atoms with Crippen LogP contribution in [0.3, 0.4) is 0 Å². The van der Waals surface area contributed by atoms with Crippen LogP contribution >= 0.6 is 0 Å². The van der Waals surface area contributed by atoms with Gasteiger partial charge in [-0.15, -0.1) is 0 Å². The van der Waals surface area contributed by atoms with Crippen molar-refractivity contribution in [1.82, 2.24) is 5.06 Å². The monoisotopic (exact) mass is 161 g/mol. The Morgan fingerprint density at radius 3 is 2.45 bits per heavy atom. The Labute approximate surface area is 67.0 Å². The fourth-order valence-electron chi connectivity index (χ4n) is 0.721. The van der Waals surface area contributed by atoms with Gasteiger partial charge in [-0.3, -0.25) is 9.63 Å². The van der Waals surface area contributed by atoms with Gasteiger partial charge in [0.1, 0.15) is 0 Å². The Bertz CT molecular complexity index is 112. The first kappa shape index (κ1) is 10.4. The third-order valence-corrected chi connectivity index (χ3v) is 1.31.